The Hall–Kier alpha value is -0.160. The van der Waals surface area contributed by atoms with Crippen molar-refractivity contribution in [2.75, 3.05) is 33.0 Å². The molecule has 0 amide bonds. The number of rotatable bonds is 8. The Morgan fingerprint density at radius 3 is 2.69 bits per heavy atom. The van der Waals surface area contributed by atoms with Crippen molar-refractivity contribution in [1.82, 2.24) is 0 Å². The predicted octanol–water partition coefficient (Wildman–Crippen LogP) is 1.73. The van der Waals surface area contributed by atoms with Crippen LogP contribution in [-0.4, -0.2) is 45.4 Å². The zero-order valence-electron chi connectivity index (χ0n) is 9.86. The van der Waals surface area contributed by atoms with Crippen molar-refractivity contribution in [3.8, 4) is 0 Å². The molecule has 0 saturated carbocycles. The Labute approximate surface area is 97.2 Å². The normalized spacial score (nSPS) is 29.2. The van der Waals surface area contributed by atoms with E-state index in [0.717, 1.165) is 52.3 Å². The first-order valence-electron chi connectivity index (χ1n) is 6.38. The van der Waals surface area contributed by atoms with Gasteiger partial charge in [-0.25, -0.2) is 0 Å². The molecular weight excluding hydrogens is 208 g/mol. The first-order chi connectivity index (χ1) is 7.95. The molecule has 0 N–H and O–H groups in total. The lowest BCUT2D eigenvalue weighted by atomic mass is 10.2. The van der Waals surface area contributed by atoms with Gasteiger partial charge in [0, 0.05) is 19.8 Å². The lowest BCUT2D eigenvalue weighted by molar-refractivity contribution is -0.163. The topological polar surface area (TPSA) is 40.2 Å². The molecular formula is C12H22O4. The first kappa shape index (κ1) is 12.3. The molecule has 2 heterocycles. The molecule has 4 heteroatoms. The van der Waals surface area contributed by atoms with Crippen LogP contribution in [-0.2, 0) is 18.9 Å². The van der Waals surface area contributed by atoms with Crippen molar-refractivity contribution in [2.24, 2.45) is 0 Å². The summed E-state index contributed by atoms with van der Waals surface area (Å²) < 4.78 is 21.6. The van der Waals surface area contributed by atoms with Crippen molar-refractivity contribution in [1.29, 1.82) is 0 Å². The summed E-state index contributed by atoms with van der Waals surface area (Å²) in [5, 5.41) is 0. The van der Waals surface area contributed by atoms with Gasteiger partial charge < -0.3 is 18.9 Å². The van der Waals surface area contributed by atoms with Gasteiger partial charge in [-0.05, 0) is 32.1 Å². The number of ether oxygens (including phenoxy) is 4. The maximum absolute atomic E-state index is 5.62. The third kappa shape index (κ3) is 5.25. The van der Waals surface area contributed by atoms with Gasteiger partial charge in [-0.15, -0.1) is 0 Å². The van der Waals surface area contributed by atoms with Crippen molar-refractivity contribution < 1.29 is 18.9 Å². The molecule has 2 fully saturated rings. The molecule has 0 aliphatic carbocycles. The summed E-state index contributed by atoms with van der Waals surface area (Å²) in [6.07, 6.45) is 5.99. The average Bonchev–Trinajstić information content (AvgIpc) is 3.13. The van der Waals surface area contributed by atoms with E-state index in [1.807, 2.05) is 0 Å². The zero-order chi connectivity index (χ0) is 11.1. The second kappa shape index (κ2) is 7.22. The van der Waals surface area contributed by atoms with Gasteiger partial charge in [0.2, 0.25) is 0 Å². The van der Waals surface area contributed by atoms with E-state index in [-0.39, 0.29) is 6.29 Å². The van der Waals surface area contributed by atoms with Crippen molar-refractivity contribution >= 4 is 0 Å². The fourth-order valence-electron chi connectivity index (χ4n) is 1.74. The minimum atomic E-state index is 0.0505. The van der Waals surface area contributed by atoms with Crippen LogP contribution in [0.5, 0.6) is 0 Å². The van der Waals surface area contributed by atoms with Gasteiger partial charge in [0.15, 0.2) is 6.29 Å². The molecule has 0 radical (unpaired) electrons. The molecule has 16 heavy (non-hydrogen) atoms. The molecule has 0 spiro atoms. The summed E-state index contributed by atoms with van der Waals surface area (Å²) >= 11 is 0. The summed E-state index contributed by atoms with van der Waals surface area (Å²) in [5.74, 6) is 0. The number of hydrogen-bond donors (Lipinski definition) is 0. The van der Waals surface area contributed by atoms with Crippen LogP contribution >= 0.6 is 0 Å². The number of unbranched alkanes of at least 4 members (excludes halogenated alkanes) is 1. The Morgan fingerprint density at radius 1 is 1.06 bits per heavy atom. The highest BCUT2D eigenvalue weighted by atomic mass is 16.7. The highest BCUT2D eigenvalue weighted by Gasteiger charge is 2.21. The average molecular weight is 230 g/mol. The van der Waals surface area contributed by atoms with Crippen LogP contribution in [0.2, 0.25) is 0 Å². The zero-order valence-corrected chi connectivity index (χ0v) is 9.86. The number of hydrogen-bond acceptors (Lipinski definition) is 4. The lowest BCUT2D eigenvalue weighted by Crippen LogP contribution is -2.22. The van der Waals surface area contributed by atoms with Gasteiger partial charge in [-0.3, -0.25) is 0 Å². The van der Waals surface area contributed by atoms with E-state index >= 15 is 0 Å². The van der Waals surface area contributed by atoms with Crippen LogP contribution in [0.4, 0.5) is 0 Å². The minimum Gasteiger partial charge on any atom is -0.379 e. The summed E-state index contributed by atoms with van der Waals surface area (Å²) in [5.41, 5.74) is 0. The molecule has 94 valence electrons. The smallest absolute Gasteiger partial charge is 0.157 e. The standard InChI is InChI=1S/C12H22O4/c1-2-7-14-12(5-1)15-8-4-3-6-13-9-11-10-16-11/h11-12H,1-10H2. The van der Waals surface area contributed by atoms with Crippen LogP contribution in [0, 0.1) is 0 Å². The second-order valence-corrected chi connectivity index (χ2v) is 4.40. The molecule has 0 bridgehead atoms. The summed E-state index contributed by atoms with van der Waals surface area (Å²) in [7, 11) is 0. The van der Waals surface area contributed by atoms with E-state index < -0.39 is 0 Å². The van der Waals surface area contributed by atoms with E-state index in [0.29, 0.717) is 6.10 Å². The SMILES string of the molecule is C(CCOC1CCCCO1)COCC1CO1. The second-order valence-electron chi connectivity index (χ2n) is 4.40. The van der Waals surface area contributed by atoms with Crippen molar-refractivity contribution in [3.05, 3.63) is 0 Å². The fraction of sp³-hybridized carbons (Fsp3) is 1.00. The van der Waals surface area contributed by atoms with Gasteiger partial charge in [0.25, 0.3) is 0 Å². The molecule has 2 aliphatic rings. The van der Waals surface area contributed by atoms with Crippen LogP contribution in [0.25, 0.3) is 0 Å². The molecule has 4 nitrogen and oxygen atoms in total. The predicted molar refractivity (Wildman–Crippen MR) is 59.3 cm³/mol. The van der Waals surface area contributed by atoms with Crippen molar-refractivity contribution in [3.63, 3.8) is 0 Å². The fourth-order valence-corrected chi connectivity index (χ4v) is 1.74. The van der Waals surface area contributed by atoms with Gasteiger partial charge in [0.05, 0.1) is 13.2 Å². The summed E-state index contributed by atoms with van der Waals surface area (Å²) in [6.45, 7) is 4.09. The highest BCUT2D eigenvalue weighted by molar-refractivity contribution is 4.66. The van der Waals surface area contributed by atoms with Crippen LogP contribution in [0.3, 0.4) is 0 Å². The molecule has 2 unspecified atom stereocenters. The lowest BCUT2D eigenvalue weighted by Gasteiger charge is -2.22. The molecule has 0 aromatic heterocycles. The molecule has 0 aromatic carbocycles. The highest BCUT2D eigenvalue weighted by Crippen LogP contribution is 2.14. The Morgan fingerprint density at radius 2 is 1.94 bits per heavy atom. The summed E-state index contributed by atoms with van der Waals surface area (Å²) in [4.78, 5) is 0. The molecule has 2 rings (SSSR count). The van der Waals surface area contributed by atoms with Gasteiger partial charge >= 0.3 is 0 Å². The Kier molecular flexibility index (Phi) is 5.55. The van der Waals surface area contributed by atoms with E-state index in [9.17, 15) is 0 Å². The summed E-state index contributed by atoms with van der Waals surface area (Å²) in [6, 6.07) is 0. The third-order valence-electron chi connectivity index (χ3n) is 2.83. The van der Waals surface area contributed by atoms with Crippen LogP contribution < -0.4 is 0 Å². The Bertz CT molecular complexity index is 176. The minimum absolute atomic E-state index is 0.0505. The molecule has 0 aromatic rings. The van der Waals surface area contributed by atoms with E-state index in [1.54, 1.807) is 0 Å². The van der Waals surface area contributed by atoms with Crippen LogP contribution in [0.15, 0.2) is 0 Å². The first-order valence-corrected chi connectivity index (χ1v) is 6.38. The maximum atomic E-state index is 5.62. The molecule has 2 aliphatic heterocycles. The monoisotopic (exact) mass is 230 g/mol. The van der Waals surface area contributed by atoms with E-state index in [4.69, 9.17) is 18.9 Å². The Balaban J connectivity index is 1.33. The van der Waals surface area contributed by atoms with Crippen LogP contribution in [0.1, 0.15) is 32.1 Å². The number of epoxide rings is 1. The van der Waals surface area contributed by atoms with Gasteiger partial charge in [0.1, 0.15) is 6.10 Å². The van der Waals surface area contributed by atoms with E-state index in [2.05, 4.69) is 0 Å². The molecule has 2 atom stereocenters. The van der Waals surface area contributed by atoms with Crippen molar-refractivity contribution in [2.45, 2.75) is 44.5 Å². The van der Waals surface area contributed by atoms with Gasteiger partial charge in [-0.1, -0.05) is 0 Å². The quantitative estimate of drug-likeness (QED) is 0.470. The largest absolute Gasteiger partial charge is 0.379 e. The van der Waals surface area contributed by atoms with E-state index in [1.165, 1.54) is 12.8 Å². The third-order valence-corrected chi connectivity index (χ3v) is 2.83. The maximum Gasteiger partial charge on any atom is 0.157 e. The molecule has 2 saturated heterocycles. The van der Waals surface area contributed by atoms with Gasteiger partial charge in [-0.2, -0.15) is 0 Å².